The number of para-hydroxylation sites is 4. The summed E-state index contributed by atoms with van der Waals surface area (Å²) in [6.07, 6.45) is 1.59. The predicted molar refractivity (Wildman–Crippen MR) is 111 cm³/mol. The van der Waals surface area contributed by atoms with Crippen molar-refractivity contribution in [2.45, 2.75) is 13.8 Å². The number of nitrogens with one attached hydrogen (secondary N) is 2. The smallest absolute Gasteiger partial charge is 0.274 e. The Morgan fingerprint density at radius 2 is 1.50 bits per heavy atom. The Bertz CT molecular complexity index is 944. The van der Waals surface area contributed by atoms with Crippen LogP contribution < -0.4 is 20.1 Å². The molecule has 0 atom stereocenters. The molecule has 2 N–H and O–H groups in total. The number of pyridine rings is 1. The molecule has 6 nitrogen and oxygen atoms in total. The summed E-state index contributed by atoms with van der Waals surface area (Å²) in [5.74, 6) is 1.06. The van der Waals surface area contributed by atoms with Crippen molar-refractivity contribution in [2.75, 3.05) is 23.8 Å². The van der Waals surface area contributed by atoms with Crippen LogP contribution in [-0.4, -0.2) is 24.1 Å². The SMILES string of the molecule is CCOc1ccccc1NC(=O)c1cc(Nc2ccccc2OCC)ccn1. The van der Waals surface area contributed by atoms with Gasteiger partial charge in [0.1, 0.15) is 17.2 Å². The highest BCUT2D eigenvalue weighted by molar-refractivity contribution is 6.04. The number of amides is 1. The number of benzene rings is 2. The van der Waals surface area contributed by atoms with E-state index in [2.05, 4.69) is 15.6 Å². The third kappa shape index (κ3) is 4.79. The molecule has 0 spiro atoms. The van der Waals surface area contributed by atoms with Crippen molar-refractivity contribution in [1.29, 1.82) is 0 Å². The summed E-state index contributed by atoms with van der Waals surface area (Å²) in [4.78, 5) is 16.9. The minimum absolute atomic E-state index is 0.296. The van der Waals surface area contributed by atoms with Crippen LogP contribution in [0.3, 0.4) is 0 Å². The number of ether oxygens (including phenoxy) is 2. The average molecular weight is 377 g/mol. The van der Waals surface area contributed by atoms with E-state index in [1.165, 1.54) is 0 Å². The fourth-order valence-corrected chi connectivity index (χ4v) is 2.68. The summed E-state index contributed by atoms with van der Waals surface area (Å²) in [5, 5.41) is 6.13. The van der Waals surface area contributed by atoms with Gasteiger partial charge < -0.3 is 20.1 Å². The van der Waals surface area contributed by atoms with E-state index in [4.69, 9.17) is 9.47 Å². The van der Waals surface area contributed by atoms with Crippen molar-refractivity contribution in [3.63, 3.8) is 0 Å². The van der Waals surface area contributed by atoms with Crippen molar-refractivity contribution in [1.82, 2.24) is 4.98 Å². The molecule has 0 fully saturated rings. The van der Waals surface area contributed by atoms with Gasteiger partial charge in [-0.15, -0.1) is 0 Å². The summed E-state index contributed by atoms with van der Waals surface area (Å²) in [6.45, 7) is 4.92. The number of carbonyl (C=O) groups excluding carboxylic acids is 1. The lowest BCUT2D eigenvalue weighted by molar-refractivity contribution is 0.102. The van der Waals surface area contributed by atoms with Crippen LogP contribution in [0.2, 0.25) is 0 Å². The number of hydrogen-bond acceptors (Lipinski definition) is 5. The lowest BCUT2D eigenvalue weighted by Gasteiger charge is -2.13. The van der Waals surface area contributed by atoms with E-state index < -0.39 is 0 Å². The van der Waals surface area contributed by atoms with Crippen molar-refractivity contribution in [3.8, 4) is 11.5 Å². The Kier molecular flexibility index (Phi) is 6.46. The first-order valence-electron chi connectivity index (χ1n) is 9.19. The van der Waals surface area contributed by atoms with E-state index in [0.29, 0.717) is 30.3 Å². The topological polar surface area (TPSA) is 72.5 Å². The van der Waals surface area contributed by atoms with Gasteiger partial charge in [0, 0.05) is 11.9 Å². The molecular formula is C22H23N3O3. The minimum atomic E-state index is -0.311. The van der Waals surface area contributed by atoms with E-state index in [0.717, 1.165) is 17.1 Å². The molecule has 6 heteroatoms. The first-order chi connectivity index (χ1) is 13.7. The molecule has 0 aliphatic carbocycles. The Balaban J connectivity index is 1.77. The van der Waals surface area contributed by atoms with E-state index in [-0.39, 0.29) is 5.91 Å². The van der Waals surface area contributed by atoms with Gasteiger partial charge in [-0.25, -0.2) is 0 Å². The monoisotopic (exact) mass is 377 g/mol. The van der Waals surface area contributed by atoms with Gasteiger partial charge in [-0.05, 0) is 50.2 Å². The van der Waals surface area contributed by atoms with Crippen molar-refractivity contribution in [2.24, 2.45) is 0 Å². The minimum Gasteiger partial charge on any atom is -0.492 e. The first-order valence-corrected chi connectivity index (χ1v) is 9.19. The second-order valence-corrected chi connectivity index (χ2v) is 5.87. The maximum atomic E-state index is 12.7. The zero-order valence-electron chi connectivity index (χ0n) is 15.9. The molecule has 0 saturated carbocycles. The lowest BCUT2D eigenvalue weighted by Crippen LogP contribution is -2.14. The van der Waals surface area contributed by atoms with Gasteiger partial charge in [0.25, 0.3) is 5.91 Å². The largest absolute Gasteiger partial charge is 0.492 e. The molecule has 28 heavy (non-hydrogen) atoms. The zero-order valence-corrected chi connectivity index (χ0v) is 15.9. The molecule has 1 amide bonds. The summed E-state index contributed by atoms with van der Waals surface area (Å²) in [5.41, 5.74) is 2.47. The van der Waals surface area contributed by atoms with Crippen LogP contribution in [0.5, 0.6) is 11.5 Å². The lowest BCUT2D eigenvalue weighted by atomic mass is 10.2. The van der Waals surface area contributed by atoms with E-state index in [1.54, 1.807) is 24.4 Å². The van der Waals surface area contributed by atoms with Crippen molar-refractivity contribution < 1.29 is 14.3 Å². The molecule has 0 radical (unpaired) electrons. The summed E-state index contributed by atoms with van der Waals surface area (Å²) >= 11 is 0. The molecule has 0 bridgehead atoms. The molecule has 1 heterocycles. The Labute approximate surface area is 164 Å². The van der Waals surface area contributed by atoms with Crippen LogP contribution in [0.25, 0.3) is 0 Å². The second-order valence-electron chi connectivity index (χ2n) is 5.87. The number of carbonyl (C=O) groups is 1. The molecule has 2 aromatic carbocycles. The fraction of sp³-hybridized carbons (Fsp3) is 0.182. The number of nitrogens with zero attached hydrogens (tertiary/aromatic N) is 1. The number of rotatable bonds is 8. The normalized spacial score (nSPS) is 10.2. The van der Waals surface area contributed by atoms with Gasteiger partial charge in [-0.2, -0.15) is 0 Å². The van der Waals surface area contributed by atoms with Crippen molar-refractivity contribution >= 4 is 23.0 Å². The molecule has 0 saturated heterocycles. The molecule has 144 valence electrons. The van der Waals surface area contributed by atoms with Gasteiger partial charge in [-0.3, -0.25) is 9.78 Å². The van der Waals surface area contributed by atoms with Gasteiger partial charge in [0.05, 0.1) is 24.6 Å². The van der Waals surface area contributed by atoms with E-state index in [1.807, 2.05) is 56.3 Å². The molecule has 0 unspecified atom stereocenters. The van der Waals surface area contributed by atoms with Gasteiger partial charge in [0.2, 0.25) is 0 Å². The first kappa shape index (κ1) is 19.2. The average Bonchev–Trinajstić information content (AvgIpc) is 2.71. The molecule has 0 aliphatic heterocycles. The quantitative estimate of drug-likeness (QED) is 0.586. The third-order valence-corrected chi connectivity index (χ3v) is 3.89. The van der Waals surface area contributed by atoms with E-state index in [9.17, 15) is 4.79 Å². The highest BCUT2D eigenvalue weighted by Gasteiger charge is 2.12. The molecule has 1 aromatic heterocycles. The number of hydrogen-bond donors (Lipinski definition) is 2. The van der Waals surface area contributed by atoms with Crippen LogP contribution >= 0.6 is 0 Å². The van der Waals surface area contributed by atoms with E-state index >= 15 is 0 Å². The molecule has 3 aromatic rings. The standard InChI is InChI=1S/C22H23N3O3/c1-3-27-20-11-7-5-9-17(20)24-16-13-14-23-19(15-16)22(26)25-18-10-6-8-12-21(18)28-4-2/h5-15H,3-4H2,1-2H3,(H,23,24)(H,25,26). The van der Waals surface area contributed by atoms with Crippen LogP contribution in [-0.2, 0) is 0 Å². The highest BCUT2D eigenvalue weighted by Crippen LogP contribution is 2.28. The molecule has 3 rings (SSSR count). The van der Waals surface area contributed by atoms with Crippen molar-refractivity contribution in [3.05, 3.63) is 72.6 Å². The Morgan fingerprint density at radius 3 is 2.18 bits per heavy atom. The summed E-state index contributed by atoms with van der Waals surface area (Å²) in [7, 11) is 0. The van der Waals surface area contributed by atoms with Crippen LogP contribution in [0, 0.1) is 0 Å². The maximum absolute atomic E-state index is 12.7. The fourth-order valence-electron chi connectivity index (χ4n) is 2.68. The van der Waals surface area contributed by atoms with Crippen LogP contribution in [0.1, 0.15) is 24.3 Å². The maximum Gasteiger partial charge on any atom is 0.274 e. The van der Waals surface area contributed by atoms with Gasteiger partial charge in [0.15, 0.2) is 0 Å². The molecular weight excluding hydrogens is 354 g/mol. The Morgan fingerprint density at radius 1 is 0.893 bits per heavy atom. The number of anilines is 3. The van der Waals surface area contributed by atoms with Gasteiger partial charge in [-0.1, -0.05) is 24.3 Å². The predicted octanol–water partition coefficient (Wildman–Crippen LogP) is 4.87. The highest BCUT2D eigenvalue weighted by atomic mass is 16.5. The second kappa shape index (κ2) is 9.41. The Hall–Kier alpha value is -3.54. The van der Waals surface area contributed by atoms with Crippen LogP contribution in [0.4, 0.5) is 17.1 Å². The molecule has 0 aliphatic rings. The summed E-state index contributed by atoms with van der Waals surface area (Å²) in [6, 6.07) is 18.5. The number of aromatic nitrogens is 1. The van der Waals surface area contributed by atoms with Gasteiger partial charge >= 0.3 is 0 Å². The zero-order chi connectivity index (χ0) is 19.8. The summed E-state index contributed by atoms with van der Waals surface area (Å²) < 4.78 is 11.2. The van der Waals surface area contributed by atoms with Crippen LogP contribution in [0.15, 0.2) is 66.9 Å². The third-order valence-electron chi connectivity index (χ3n) is 3.89.